The van der Waals surface area contributed by atoms with E-state index in [-0.39, 0.29) is 18.2 Å². The molecule has 39 heavy (non-hydrogen) atoms. The Balaban J connectivity index is 1.83. The van der Waals surface area contributed by atoms with Gasteiger partial charge in [0.15, 0.2) is 6.29 Å². The first kappa shape index (κ1) is 27.3. The van der Waals surface area contributed by atoms with Crippen molar-refractivity contribution in [3.8, 4) is 28.0 Å². The van der Waals surface area contributed by atoms with Crippen LogP contribution >= 0.6 is 0 Å². The van der Waals surface area contributed by atoms with Crippen molar-refractivity contribution < 1.29 is 28.2 Å². The van der Waals surface area contributed by atoms with Crippen LogP contribution in [0, 0.1) is 5.82 Å². The summed E-state index contributed by atoms with van der Waals surface area (Å²) in [6.07, 6.45) is 0.734. The predicted octanol–water partition coefficient (Wildman–Crippen LogP) is 6.08. The first-order valence-corrected chi connectivity index (χ1v) is 12.4. The van der Waals surface area contributed by atoms with Crippen LogP contribution in [0.3, 0.4) is 0 Å². The van der Waals surface area contributed by atoms with E-state index >= 15 is 0 Å². The fourth-order valence-corrected chi connectivity index (χ4v) is 4.67. The number of ether oxygens (including phenoxy) is 2. The molecule has 0 fully saturated rings. The summed E-state index contributed by atoms with van der Waals surface area (Å²) < 4.78 is 25.6. The molecule has 0 bridgehead atoms. The highest BCUT2D eigenvalue weighted by molar-refractivity contribution is 6.08. The zero-order valence-electron chi connectivity index (χ0n) is 22.2. The van der Waals surface area contributed by atoms with Gasteiger partial charge in [-0.15, -0.1) is 0 Å². The smallest absolute Gasteiger partial charge is 0.341 e. The maximum Gasteiger partial charge on any atom is 0.341 e. The number of rotatable bonds is 9. The zero-order chi connectivity index (χ0) is 28.1. The van der Waals surface area contributed by atoms with Crippen molar-refractivity contribution >= 4 is 18.2 Å². The second-order valence-corrected chi connectivity index (χ2v) is 9.15. The van der Waals surface area contributed by atoms with E-state index in [9.17, 15) is 18.8 Å². The molecular formula is C31H29FN2O5. The number of aromatic nitrogens is 1. The van der Waals surface area contributed by atoms with Gasteiger partial charge >= 0.3 is 5.97 Å². The number of hydrogen-bond acceptors (Lipinski definition) is 5. The molecule has 7 nitrogen and oxygen atoms in total. The Morgan fingerprint density at radius 3 is 2.21 bits per heavy atom. The largest absolute Gasteiger partial charge is 0.496 e. The van der Waals surface area contributed by atoms with Crippen molar-refractivity contribution in [2.75, 3.05) is 14.2 Å². The molecule has 0 unspecified atom stereocenters. The van der Waals surface area contributed by atoms with Gasteiger partial charge in [0, 0.05) is 23.7 Å². The monoisotopic (exact) mass is 528 g/mol. The van der Waals surface area contributed by atoms with E-state index in [1.807, 2.05) is 44.2 Å². The topological polar surface area (TPSA) is 86.6 Å². The number of methoxy groups -OCH3 is 2. The van der Waals surface area contributed by atoms with Crippen LogP contribution in [0.1, 0.15) is 56.8 Å². The predicted molar refractivity (Wildman–Crippen MR) is 147 cm³/mol. The number of carbonyl (C=O) groups excluding carboxylic acids is 3. The third-order valence-corrected chi connectivity index (χ3v) is 6.41. The number of halogens is 1. The molecule has 0 radical (unpaired) electrons. The summed E-state index contributed by atoms with van der Waals surface area (Å²) in [7, 11) is 2.74. The summed E-state index contributed by atoms with van der Waals surface area (Å²) in [5.74, 6) is -0.997. The van der Waals surface area contributed by atoms with Gasteiger partial charge in [-0.25, -0.2) is 9.18 Å². The average Bonchev–Trinajstić information content (AvgIpc) is 3.32. The van der Waals surface area contributed by atoms with Crippen LogP contribution < -0.4 is 10.1 Å². The van der Waals surface area contributed by atoms with Crippen molar-refractivity contribution in [1.29, 1.82) is 0 Å². The summed E-state index contributed by atoms with van der Waals surface area (Å²) in [4.78, 5) is 38.4. The average molecular weight is 529 g/mol. The Morgan fingerprint density at radius 2 is 1.62 bits per heavy atom. The minimum absolute atomic E-state index is 0.135. The van der Waals surface area contributed by atoms with E-state index in [1.54, 1.807) is 34.9 Å². The highest BCUT2D eigenvalue weighted by atomic mass is 19.1. The lowest BCUT2D eigenvalue weighted by Crippen LogP contribution is -2.27. The quantitative estimate of drug-likeness (QED) is 0.210. The lowest BCUT2D eigenvalue weighted by Gasteiger charge is -2.16. The maximum atomic E-state index is 13.9. The number of benzene rings is 3. The van der Waals surface area contributed by atoms with Gasteiger partial charge < -0.3 is 19.4 Å². The van der Waals surface area contributed by atoms with Crippen LogP contribution in [0.5, 0.6) is 5.75 Å². The fraction of sp³-hybridized carbons (Fsp3) is 0.194. The van der Waals surface area contributed by atoms with Gasteiger partial charge in [-0.1, -0.05) is 48.5 Å². The number of aldehydes is 1. The first-order valence-electron chi connectivity index (χ1n) is 12.4. The molecule has 4 rings (SSSR count). The molecule has 0 spiro atoms. The Kier molecular flexibility index (Phi) is 8.24. The van der Waals surface area contributed by atoms with Crippen molar-refractivity contribution in [3.63, 3.8) is 0 Å². The summed E-state index contributed by atoms with van der Waals surface area (Å²) in [5.41, 5.74) is 4.11. The fourth-order valence-electron chi connectivity index (χ4n) is 4.67. The second kappa shape index (κ2) is 11.8. The number of nitrogens with one attached hydrogen (secondary N) is 1. The maximum absolute atomic E-state index is 13.9. The van der Waals surface area contributed by atoms with E-state index in [0.717, 1.165) is 11.8 Å². The lowest BCUT2D eigenvalue weighted by molar-refractivity contribution is 0.0596. The number of carbonyl (C=O) groups is 3. The lowest BCUT2D eigenvalue weighted by atomic mass is 9.94. The molecule has 4 aromatic rings. The molecule has 3 aromatic carbocycles. The Bertz CT molecular complexity index is 1510. The van der Waals surface area contributed by atoms with Gasteiger partial charge in [0.1, 0.15) is 22.8 Å². The molecule has 1 aromatic heterocycles. The Morgan fingerprint density at radius 1 is 0.949 bits per heavy atom. The van der Waals surface area contributed by atoms with Gasteiger partial charge in [-0.05, 0) is 54.8 Å². The van der Waals surface area contributed by atoms with Crippen LogP contribution in [0.15, 0.2) is 72.8 Å². The molecule has 8 heteroatoms. The van der Waals surface area contributed by atoms with E-state index in [4.69, 9.17) is 9.47 Å². The standard InChI is InChI=1S/C31H29FN2O5/c1-19(2)34-25(18-35)27(22-11-13-23(32)14-12-22)28(21-8-6-5-7-9-21)29(34)30(36)33-17-20-10-15-24(31(37)39-4)26(16-20)38-3/h5-16,18-19H,17H2,1-4H3,(H,33,36). The molecule has 0 saturated carbocycles. The molecule has 0 aliphatic heterocycles. The van der Waals surface area contributed by atoms with Crippen molar-refractivity contribution in [1.82, 2.24) is 9.88 Å². The number of esters is 1. The molecule has 0 saturated heterocycles. The van der Waals surface area contributed by atoms with Gasteiger partial charge in [0.05, 0.1) is 19.9 Å². The highest BCUT2D eigenvalue weighted by Gasteiger charge is 2.30. The van der Waals surface area contributed by atoms with Crippen LogP contribution in [0.2, 0.25) is 0 Å². The molecule has 1 heterocycles. The number of amides is 1. The first-order chi connectivity index (χ1) is 18.8. The molecule has 0 aliphatic carbocycles. The Hall–Kier alpha value is -4.72. The van der Waals surface area contributed by atoms with Gasteiger partial charge in [-0.3, -0.25) is 9.59 Å². The van der Waals surface area contributed by atoms with Gasteiger partial charge in [0.25, 0.3) is 5.91 Å². The van der Waals surface area contributed by atoms with E-state index in [0.29, 0.717) is 39.4 Å². The third-order valence-electron chi connectivity index (χ3n) is 6.41. The number of nitrogens with zero attached hydrogens (tertiary/aromatic N) is 1. The normalized spacial score (nSPS) is 10.8. The van der Waals surface area contributed by atoms with Gasteiger partial charge in [-0.2, -0.15) is 0 Å². The molecule has 200 valence electrons. The van der Waals surface area contributed by atoms with E-state index in [2.05, 4.69) is 5.32 Å². The van der Waals surface area contributed by atoms with E-state index < -0.39 is 17.7 Å². The minimum Gasteiger partial charge on any atom is -0.496 e. The van der Waals surface area contributed by atoms with Crippen LogP contribution in [-0.4, -0.2) is 36.9 Å². The molecule has 0 aliphatic rings. The van der Waals surface area contributed by atoms with Crippen LogP contribution in [-0.2, 0) is 11.3 Å². The van der Waals surface area contributed by atoms with Crippen molar-refractivity contribution in [2.45, 2.75) is 26.4 Å². The van der Waals surface area contributed by atoms with Crippen LogP contribution in [0.4, 0.5) is 4.39 Å². The third kappa shape index (κ3) is 5.45. The van der Waals surface area contributed by atoms with Crippen LogP contribution in [0.25, 0.3) is 22.3 Å². The van der Waals surface area contributed by atoms with E-state index in [1.165, 1.54) is 26.4 Å². The summed E-state index contributed by atoms with van der Waals surface area (Å²) in [5, 5.41) is 2.95. The van der Waals surface area contributed by atoms with Gasteiger partial charge in [0.2, 0.25) is 0 Å². The molecular weight excluding hydrogens is 499 g/mol. The SMILES string of the molecule is COC(=O)c1ccc(CNC(=O)c2c(-c3ccccc3)c(-c3ccc(F)cc3)c(C=O)n2C(C)C)cc1OC. The second-order valence-electron chi connectivity index (χ2n) is 9.15. The Labute approximate surface area is 226 Å². The summed E-state index contributed by atoms with van der Waals surface area (Å²) >= 11 is 0. The molecule has 1 N–H and O–H groups in total. The van der Waals surface area contributed by atoms with Crippen molar-refractivity contribution in [3.05, 3.63) is 101 Å². The highest BCUT2D eigenvalue weighted by Crippen LogP contribution is 2.41. The molecule has 1 amide bonds. The summed E-state index contributed by atoms with van der Waals surface area (Å²) in [6, 6.07) is 19.9. The van der Waals surface area contributed by atoms with Crippen molar-refractivity contribution in [2.24, 2.45) is 0 Å². The summed E-state index contributed by atoms with van der Waals surface area (Å²) in [6.45, 7) is 3.92. The zero-order valence-corrected chi connectivity index (χ0v) is 22.2. The minimum atomic E-state index is -0.528. The molecule has 0 atom stereocenters. The number of hydrogen-bond donors (Lipinski definition) is 1.